The molecule has 0 aliphatic carbocycles. The third-order valence-corrected chi connectivity index (χ3v) is 3.93. The van der Waals surface area contributed by atoms with Crippen LogP contribution in [0.25, 0.3) is 11.0 Å². The summed E-state index contributed by atoms with van der Waals surface area (Å²) >= 11 is 3.39. The van der Waals surface area contributed by atoms with Gasteiger partial charge in [0.1, 0.15) is 11.5 Å². The maximum Gasteiger partial charge on any atom is 0.140 e. The lowest BCUT2D eigenvalue weighted by atomic mass is 10.2. The maximum atomic E-state index is 13.9. The lowest BCUT2D eigenvalue weighted by Gasteiger charge is -2.06. The molecule has 0 fully saturated rings. The van der Waals surface area contributed by atoms with Crippen molar-refractivity contribution in [2.24, 2.45) is 0 Å². The molecule has 0 atom stereocenters. The SMILES string of the molecule is CNCc1cn(Cc2cc(Br)ccc2F)c2ncccc12. The van der Waals surface area contributed by atoms with Crippen molar-refractivity contribution in [3.8, 4) is 0 Å². The summed E-state index contributed by atoms with van der Waals surface area (Å²) in [7, 11) is 1.91. The number of fused-ring (bicyclic) bond motifs is 1. The van der Waals surface area contributed by atoms with Gasteiger partial charge in [-0.2, -0.15) is 0 Å². The molecule has 0 spiro atoms. The van der Waals surface area contributed by atoms with E-state index in [9.17, 15) is 4.39 Å². The molecule has 2 aromatic heterocycles. The van der Waals surface area contributed by atoms with Crippen molar-refractivity contribution >= 4 is 27.0 Å². The topological polar surface area (TPSA) is 29.9 Å². The first-order valence-corrected chi connectivity index (χ1v) is 7.49. The number of nitrogens with zero attached hydrogens (tertiary/aromatic N) is 2. The van der Waals surface area contributed by atoms with Crippen LogP contribution in [-0.2, 0) is 13.1 Å². The average molecular weight is 348 g/mol. The minimum Gasteiger partial charge on any atom is -0.328 e. The van der Waals surface area contributed by atoms with Crippen LogP contribution in [0.15, 0.2) is 47.2 Å². The number of pyridine rings is 1. The fourth-order valence-electron chi connectivity index (χ4n) is 2.50. The predicted molar refractivity (Wildman–Crippen MR) is 85.7 cm³/mol. The molecule has 21 heavy (non-hydrogen) atoms. The largest absolute Gasteiger partial charge is 0.328 e. The highest BCUT2D eigenvalue weighted by molar-refractivity contribution is 9.10. The summed E-state index contributed by atoms with van der Waals surface area (Å²) in [6, 6.07) is 8.96. The van der Waals surface area contributed by atoms with Gasteiger partial charge in [0, 0.05) is 34.4 Å². The van der Waals surface area contributed by atoms with Gasteiger partial charge in [-0.25, -0.2) is 9.37 Å². The molecule has 0 radical (unpaired) electrons. The zero-order chi connectivity index (χ0) is 14.8. The van der Waals surface area contributed by atoms with Crippen LogP contribution in [0.4, 0.5) is 4.39 Å². The smallest absolute Gasteiger partial charge is 0.140 e. The van der Waals surface area contributed by atoms with Crippen molar-refractivity contribution in [2.45, 2.75) is 13.1 Å². The van der Waals surface area contributed by atoms with E-state index in [2.05, 4.69) is 26.2 Å². The fourth-order valence-corrected chi connectivity index (χ4v) is 2.90. The van der Waals surface area contributed by atoms with Crippen molar-refractivity contribution in [3.63, 3.8) is 0 Å². The van der Waals surface area contributed by atoms with E-state index in [4.69, 9.17) is 0 Å². The van der Waals surface area contributed by atoms with Gasteiger partial charge >= 0.3 is 0 Å². The van der Waals surface area contributed by atoms with E-state index in [0.29, 0.717) is 12.1 Å². The van der Waals surface area contributed by atoms with Crippen LogP contribution in [0.2, 0.25) is 0 Å². The summed E-state index contributed by atoms with van der Waals surface area (Å²) in [5.74, 6) is -0.203. The van der Waals surface area contributed by atoms with E-state index in [-0.39, 0.29) is 5.82 Å². The number of aromatic nitrogens is 2. The molecule has 5 heteroatoms. The zero-order valence-electron chi connectivity index (χ0n) is 11.6. The molecule has 0 aliphatic heterocycles. The van der Waals surface area contributed by atoms with Crippen LogP contribution < -0.4 is 5.32 Å². The number of rotatable bonds is 4. The Morgan fingerprint density at radius 2 is 2.14 bits per heavy atom. The van der Waals surface area contributed by atoms with E-state index >= 15 is 0 Å². The highest BCUT2D eigenvalue weighted by atomic mass is 79.9. The summed E-state index contributed by atoms with van der Waals surface area (Å²) in [5, 5.41) is 4.25. The molecule has 0 aliphatic rings. The van der Waals surface area contributed by atoms with Crippen molar-refractivity contribution in [3.05, 3.63) is 64.1 Å². The second-order valence-electron chi connectivity index (χ2n) is 4.92. The van der Waals surface area contributed by atoms with Gasteiger partial charge in [-0.1, -0.05) is 15.9 Å². The molecule has 1 aromatic carbocycles. The van der Waals surface area contributed by atoms with Crippen molar-refractivity contribution < 1.29 is 4.39 Å². The third-order valence-electron chi connectivity index (χ3n) is 3.43. The Balaban J connectivity index is 2.06. The van der Waals surface area contributed by atoms with E-state index in [1.807, 2.05) is 36.0 Å². The molecule has 108 valence electrons. The molecular weight excluding hydrogens is 333 g/mol. The number of hydrogen-bond acceptors (Lipinski definition) is 2. The van der Waals surface area contributed by atoms with Gasteiger partial charge in [-0.3, -0.25) is 0 Å². The summed E-state index contributed by atoms with van der Waals surface area (Å²) in [4.78, 5) is 4.43. The van der Waals surface area contributed by atoms with Crippen LogP contribution in [0, 0.1) is 5.82 Å². The quantitative estimate of drug-likeness (QED) is 0.779. The molecule has 0 unspecified atom stereocenters. The Labute approximate surface area is 130 Å². The molecule has 3 nitrogen and oxygen atoms in total. The first-order valence-electron chi connectivity index (χ1n) is 6.70. The standard InChI is InChI=1S/C16H15BrFN3/c1-19-8-12-10-21(16-14(12)3-2-6-20-16)9-11-7-13(17)4-5-15(11)18/h2-7,10,19H,8-9H2,1H3. The van der Waals surface area contributed by atoms with E-state index in [1.165, 1.54) is 6.07 Å². The normalized spacial score (nSPS) is 11.2. The molecular formula is C16H15BrFN3. The van der Waals surface area contributed by atoms with Crippen LogP contribution in [0.1, 0.15) is 11.1 Å². The van der Waals surface area contributed by atoms with Gasteiger partial charge in [-0.05, 0) is 42.9 Å². The minimum absolute atomic E-state index is 0.203. The average Bonchev–Trinajstić information content (AvgIpc) is 2.82. The Kier molecular flexibility index (Phi) is 4.03. The van der Waals surface area contributed by atoms with E-state index < -0.39 is 0 Å². The molecule has 0 bridgehead atoms. The Morgan fingerprint density at radius 1 is 1.29 bits per heavy atom. The predicted octanol–water partition coefficient (Wildman–Crippen LogP) is 3.71. The van der Waals surface area contributed by atoms with Crippen LogP contribution in [-0.4, -0.2) is 16.6 Å². The Hall–Kier alpha value is -1.72. The highest BCUT2D eigenvalue weighted by Crippen LogP contribution is 2.22. The van der Waals surface area contributed by atoms with Crippen molar-refractivity contribution in [1.82, 2.24) is 14.9 Å². The number of nitrogens with one attached hydrogen (secondary N) is 1. The van der Waals surface area contributed by atoms with Crippen molar-refractivity contribution in [2.75, 3.05) is 7.05 Å². The number of benzene rings is 1. The van der Waals surface area contributed by atoms with E-state index in [0.717, 1.165) is 27.6 Å². The van der Waals surface area contributed by atoms with Gasteiger partial charge in [0.2, 0.25) is 0 Å². The van der Waals surface area contributed by atoms with Crippen LogP contribution in [0.5, 0.6) is 0 Å². The Bertz CT molecular complexity index is 782. The molecule has 0 saturated heterocycles. The number of halogens is 2. The summed E-state index contributed by atoms with van der Waals surface area (Å²) in [6.45, 7) is 1.22. The third kappa shape index (κ3) is 2.84. The lowest BCUT2D eigenvalue weighted by Crippen LogP contribution is -2.04. The minimum atomic E-state index is -0.203. The van der Waals surface area contributed by atoms with Gasteiger partial charge < -0.3 is 9.88 Å². The summed E-state index contributed by atoms with van der Waals surface area (Å²) in [6.07, 6.45) is 3.80. The molecule has 3 aromatic rings. The molecule has 3 rings (SSSR count). The van der Waals surface area contributed by atoms with Gasteiger partial charge in [0.05, 0.1) is 6.54 Å². The van der Waals surface area contributed by atoms with Gasteiger partial charge in [0.25, 0.3) is 0 Å². The lowest BCUT2D eigenvalue weighted by molar-refractivity contribution is 0.601. The van der Waals surface area contributed by atoms with Gasteiger partial charge in [-0.15, -0.1) is 0 Å². The first kappa shape index (κ1) is 14.2. The van der Waals surface area contributed by atoms with Gasteiger partial charge in [0.15, 0.2) is 0 Å². The van der Waals surface area contributed by atoms with Crippen molar-refractivity contribution in [1.29, 1.82) is 0 Å². The highest BCUT2D eigenvalue weighted by Gasteiger charge is 2.11. The van der Waals surface area contributed by atoms with Crippen LogP contribution in [0.3, 0.4) is 0 Å². The second kappa shape index (κ2) is 5.95. The summed E-state index contributed by atoms with van der Waals surface area (Å²) < 4.78 is 16.8. The zero-order valence-corrected chi connectivity index (χ0v) is 13.2. The first-order chi connectivity index (χ1) is 10.2. The monoisotopic (exact) mass is 347 g/mol. The molecule has 1 N–H and O–H groups in total. The Morgan fingerprint density at radius 3 is 2.95 bits per heavy atom. The molecule has 2 heterocycles. The molecule has 0 amide bonds. The molecule has 0 saturated carbocycles. The number of hydrogen-bond donors (Lipinski definition) is 1. The van der Waals surface area contributed by atoms with Crippen LogP contribution >= 0.6 is 15.9 Å². The maximum absolute atomic E-state index is 13.9. The fraction of sp³-hybridized carbons (Fsp3) is 0.188. The van der Waals surface area contributed by atoms with E-state index in [1.54, 1.807) is 12.3 Å². The second-order valence-corrected chi connectivity index (χ2v) is 5.84. The summed E-state index contributed by atoms with van der Waals surface area (Å²) in [5.41, 5.74) is 2.68.